The third-order valence-corrected chi connectivity index (χ3v) is 2.97. The fraction of sp³-hybridized carbons (Fsp3) is 0.455. The van der Waals surface area contributed by atoms with Gasteiger partial charge in [-0.05, 0) is 25.3 Å². The fourth-order valence-corrected chi connectivity index (χ4v) is 2.15. The van der Waals surface area contributed by atoms with Crippen LogP contribution in [-0.2, 0) is 4.74 Å². The molecular weight excluding hydrogens is 204 g/mol. The molecule has 0 radical (unpaired) electrons. The van der Waals surface area contributed by atoms with Gasteiger partial charge in [0, 0.05) is 18.2 Å². The average molecular weight is 218 g/mol. The first-order valence-electron chi connectivity index (χ1n) is 5.55. The number of rotatable bonds is 1. The van der Waals surface area contributed by atoms with Gasteiger partial charge in [-0.25, -0.2) is 4.68 Å². The largest absolute Gasteiger partial charge is 0.382 e. The number of pyridine rings is 1. The van der Waals surface area contributed by atoms with Crippen molar-refractivity contribution in [2.75, 3.05) is 12.3 Å². The van der Waals surface area contributed by atoms with E-state index in [1.165, 1.54) is 6.42 Å². The Morgan fingerprint density at radius 1 is 1.44 bits per heavy atom. The Bertz CT molecular complexity index is 502. The van der Waals surface area contributed by atoms with Crippen LogP contribution in [0, 0.1) is 0 Å². The number of nitrogen functional groups attached to an aromatic ring is 1. The second-order valence-corrected chi connectivity index (χ2v) is 4.04. The van der Waals surface area contributed by atoms with Crippen LogP contribution >= 0.6 is 0 Å². The van der Waals surface area contributed by atoms with Gasteiger partial charge < -0.3 is 10.5 Å². The molecule has 1 fully saturated rings. The summed E-state index contributed by atoms with van der Waals surface area (Å²) < 4.78 is 7.56. The van der Waals surface area contributed by atoms with E-state index in [9.17, 15) is 0 Å². The molecule has 16 heavy (non-hydrogen) atoms. The monoisotopic (exact) mass is 218 g/mol. The van der Waals surface area contributed by atoms with E-state index in [1.54, 1.807) is 12.4 Å². The van der Waals surface area contributed by atoms with Crippen LogP contribution in [0.2, 0.25) is 0 Å². The van der Waals surface area contributed by atoms with Crippen LogP contribution in [0.4, 0.5) is 5.82 Å². The molecule has 2 aromatic rings. The molecule has 0 bridgehead atoms. The molecule has 1 atom stereocenters. The van der Waals surface area contributed by atoms with Crippen molar-refractivity contribution in [3.63, 3.8) is 0 Å². The number of aromatic nitrogens is 3. The fourth-order valence-electron chi connectivity index (χ4n) is 2.15. The van der Waals surface area contributed by atoms with Gasteiger partial charge in [0.1, 0.15) is 0 Å². The smallest absolute Gasteiger partial charge is 0.153 e. The lowest BCUT2D eigenvalue weighted by Gasteiger charge is -2.23. The number of anilines is 1. The Labute approximate surface area is 93.2 Å². The summed E-state index contributed by atoms with van der Waals surface area (Å²) in [5.74, 6) is 0.548. The zero-order chi connectivity index (χ0) is 11.0. The Morgan fingerprint density at radius 3 is 3.19 bits per heavy atom. The molecule has 0 aromatic carbocycles. The first-order valence-corrected chi connectivity index (χ1v) is 5.55. The Kier molecular flexibility index (Phi) is 2.25. The van der Waals surface area contributed by atoms with Crippen LogP contribution in [0.3, 0.4) is 0 Å². The van der Waals surface area contributed by atoms with E-state index in [0.717, 1.165) is 30.4 Å². The van der Waals surface area contributed by atoms with Gasteiger partial charge in [0.2, 0.25) is 0 Å². The van der Waals surface area contributed by atoms with E-state index >= 15 is 0 Å². The highest BCUT2D eigenvalue weighted by atomic mass is 16.5. The Hall–Kier alpha value is -1.62. The molecule has 0 aliphatic carbocycles. The lowest BCUT2D eigenvalue weighted by Crippen LogP contribution is -2.19. The van der Waals surface area contributed by atoms with Crippen LogP contribution in [0.5, 0.6) is 0 Å². The number of nitrogens with two attached hydrogens (primary N) is 1. The third-order valence-electron chi connectivity index (χ3n) is 2.97. The van der Waals surface area contributed by atoms with E-state index in [1.807, 2.05) is 10.7 Å². The standard InChI is InChI=1S/C11H14N4O/c12-11-8-4-5-13-7-9(8)15(14-11)10-3-1-2-6-16-10/h4-5,7,10H,1-3,6H2,(H2,12,14)/t10-/m1/s1. The van der Waals surface area contributed by atoms with Crippen molar-refractivity contribution in [2.45, 2.75) is 25.5 Å². The average Bonchev–Trinajstić information content (AvgIpc) is 2.69. The summed E-state index contributed by atoms with van der Waals surface area (Å²) in [6.45, 7) is 0.798. The second kappa shape index (κ2) is 3.75. The quantitative estimate of drug-likeness (QED) is 0.791. The summed E-state index contributed by atoms with van der Waals surface area (Å²) in [5.41, 5.74) is 6.82. The van der Waals surface area contributed by atoms with E-state index in [0.29, 0.717) is 5.82 Å². The summed E-state index contributed by atoms with van der Waals surface area (Å²) in [4.78, 5) is 4.11. The normalized spacial score (nSPS) is 21.4. The summed E-state index contributed by atoms with van der Waals surface area (Å²) in [7, 11) is 0. The van der Waals surface area contributed by atoms with Crippen LogP contribution in [0.25, 0.3) is 10.9 Å². The maximum atomic E-state index is 5.87. The van der Waals surface area contributed by atoms with Crippen LogP contribution in [0.1, 0.15) is 25.5 Å². The predicted octanol–water partition coefficient (Wildman–Crippen LogP) is 1.71. The highest BCUT2D eigenvalue weighted by molar-refractivity contribution is 5.88. The van der Waals surface area contributed by atoms with Crippen molar-refractivity contribution >= 4 is 16.7 Å². The van der Waals surface area contributed by atoms with Gasteiger partial charge in [0.05, 0.1) is 11.7 Å². The molecule has 0 spiro atoms. The van der Waals surface area contributed by atoms with E-state index in [4.69, 9.17) is 10.5 Å². The molecule has 0 amide bonds. The zero-order valence-corrected chi connectivity index (χ0v) is 8.97. The summed E-state index contributed by atoms with van der Waals surface area (Å²) in [5, 5.41) is 5.29. The summed E-state index contributed by atoms with van der Waals surface area (Å²) in [6, 6.07) is 1.89. The maximum absolute atomic E-state index is 5.87. The zero-order valence-electron chi connectivity index (χ0n) is 8.97. The molecule has 2 aromatic heterocycles. The highest BCUT2D eigenvalue weighted by Crippen LogP contribution is 2.28. The molecule has 0 unspecified atom stereocenters. The number of nitrogens with zero attached hydrogens (tertiary/aromatic N) is 3. The minimum Gasteiger partial charge on any atom is -0.382 e. The van der Waals surface area contributed by atoms with Gasteiger partial charge in [-0.15, -0.1) is 0 Å². The lowest BCUT2D eigenvalue weighted by molar-refractivity contribution is -0.0365. The molecule has 3 rings (SSSR count). The van der Waals surface area contributed by atoms with Crippen molar-refractivity contribution in [2.24, 2.45) is 0 Å². The number of ether oxygens (including phenoxy) is 1. The molecule has 0 saturated carbocycles. The molecule has 1 saturated heterocycles. The van der Waals surface area contributed by atoms with Crippen LogP contribution in [-0.4, -0.2) is 21.4 Å². The van der Waals surface area contributed by atoms with Crippen molar-refractivity contribution in [1.29, 1.82) is 0 Å². The number of fused-ring (bicyclic) bond motifs is 1. The molecule has 5 heteroatoms. The first kappa shape index (κ1) is 9.59. The number of hydrogen-bond acceptors (Lipinski definition) is 4. The molecular formula is C11H14N4O. The van der Waals surface area contributed by atoms with Crippen molar-refractivity contribution in [3.05, 3.63) is 18.5 Å². The minimum absolute atomic E-state index is 0.0118. The van der Waals surface area contributed by atoms with Gasteiger partial charge in [0.15, 0.2) is 12.0 Å². The van der Waals surface area contributed by atoms with Crippen molar-refractivity contribution in [1.82, 2.24) is 14.8 Å². The molecule has 2 N–H and O–H groups in total. The van der Waals surface area contributed by atoms with Gasteiger partial charge in [-0.3, -0.25) is 4.98 Å². The topological polar surface area (TPSA) is 66.0 Å². The minimum atomic E-state index is 0.0118. The molecule has 1 aliphatic heterocycles. The lowest BCUT2D eigenvalue weighted by atomic mass is 10.2. The predicted molar refractivity (Wildman–Crippen MR) is 60.8 cm³/mol. The number of hydrogen-bond donors (Lipinski definition) is 1. The summed E-state index contributed by atoms with van der Waals surface area (Å²) >= 11 is 0. The van der Waals surface area contributed by atoms with E-state index in [2.05, 4.69) is 10.1 Å². The van der Waals surface area contributed by atoms with E-state index < -0.39 is 0 Å². The van der Waals surface area contributed by atoms with Gasteiger partial charge in [0.25, 0.3) is 0 Å². The Balaban J connectivity index is 2.08. The van der Waals surface area contributed by atoms with Gasteiger partial charge >= 0.3 is 0 Å². The summed E-state index contributed by atoms with van der Waals surface area (Å²) in [6.07, 6.45) is 6.82. The van der Waals surface area contributed by atoms with Crippen LogP contribution < -0.4 is 5.73 Å². The van der Waals surface area contributed by atoms with Crippen LogP contribution in [0.15, 0.2) is 18.5 Å². The highest BCUT2D eigenvalue weighted by Gasteiger charge is 2.19. The van der Waals surface area contributed by atoms with Crippen molar-refractivity contribution in [3.8, 4) is 0 Å². The molecule has 5 nitrogen and oxygen atoms in total. The van der Waals surface area contributed by atoms with Gasteiger partial charge in [-0.1, -0.05) is 0 Å². The molecule has 84 valence electrons. The first-order chi connectivity index (χ1) is 7.86. The Morgan fingerprint density at radius 2 is 2.38 bits per heavy atom. The van der Waals surface area contributed by atoms with Gasteiger partial charge in [-0.2, -0.15) is 5.10 Å². The molecule has 3 heterocycles. The van der Waals surface area contributed by atoms with Crippen molar-refractivity contribution < 1.29 is 4.74 Å². The maximum Gasteiger partial charge on any atom is 0.153 e. The molecule has 1 aliphatic rings. The SMILES string of the molecule is Nc1nn([C@H]2CCCCO2)c2cnccc12. The third kappa shape index (κ3) is 1.44. The second-order valence-electron chi connectivity index (χ2n) is 4.04. The van der Waals surface area contributed by atoms with E-state index in [-0.39, 0.29) is 6.23 Å².